The van der Waals surface area contributed by atoms with E-state index in [4.69, 9.17) is 0 Å². The summed E-state index contributed by atoms with van der Waals surface area (Å²) >= 11 is 1.27. The van der Waals surface area contributed by atoms with Crippen LogP contribution < -0.4 is 10.9 Å². The highest BCUT2D eigenvalue weighted by Crippen LogP contribution is 2.41. The van der Waals surface area contributed by atoms with E-state index in [1.165, 1.54) is 30.0 Å². The number of hydrogen-bond acceptors (Lipinski definition) is 4. The van der Waals surface area contributed by atoms with Crippen molar-refractivity contribution < 1.29 is 18.0 Å². The number of fused-ring (bicyclic) bond motifs is 1. The topological polar surface area (TPSA) is 74.8 Å². The number of amides is 1. The van der Waals surface area contributed by atoms with Crippen molar-refractivity contribution in [3.63, 3.8) is 0 Å². The van der Waals surface area contributed by atoms with Gasteiger partial charge in [-0.05, 0) is 17.4 Å². The van der Waals surface area contributed by atoms with Gasteiger partial charge in [0.05, 0.1) is 11.1 Å². The van der Waals surface area contributed by atoms with Crippen molar-refractivity contribution in [1.82, 2.24) is 9.97 Å². The number of nitrogens with zero attached hydrogens (tertiary/aromatic N) is 1. The number of alkyl halides is 3. The van der Waals surface area contributed by atoms with Crippen molar-refractivity contribution in [3.8, 4) is 0 Å². The minimum absolute atomic E-state index is 0.0259. The number of thioether (sulfide) groups is 1. The van der Waals surface area contributed by atoms with Crippen LogP contribution in [0, 0.1) is 0 Å². The second kappa shape index (κ2) is 6.55. The number of H-pyrrole nitrogens is 1. The number of carbonyl (C=O) groups is 1. The molecule has 1 aromatic heterocycles. The first-order chi connectivity index (χ1) is 11.8. The fourth-order valence-electron chi connectivity index (χ4n) is 2.88. The predicted molar refractivity (Wildman–Crippen MR) is 87.8 cm³/mol. The summed E-state index contributed by atoms with van der Waals surface area (Å²) in [7, 11) is 0. The van der Waals surface area contributed by atoms with E-state index in [1.54, 1.807) is 0 Å². The fraction of sp³-hybridized carbons (Fsp3) is 0.312. The zero-order valence-electron chi connectivity index (χ0n) is 13.1. The normalized spacial score (nSPS) is 17.1. The second-order valence-corrected chi connectivity index (χ2v) is 6.71. The number of halogens is 3. The lowest BCUT2D eigenvalue weighted by Gasteiger charge is -2.26. The van der Waals surface area contributed by atoms with Gasteiger partial charge >= 0.3 is 6.18 Å². The van der Waals surface area contributed by atoms with Crippen LogP contribution in [0.5, 0.6) is 0 Å². The van der Waals surface area contributed by atoms with Crippen LogP contribution in [0.1, 0.15) is 36.0 Å². The molecule has 3 rings (SSSR count). The zero-order chi connectivity index (χ0) is 18.2. The number of aromatic nitrogens is 2. The van der Waals surface area contributed by atoms with E-state index in [2.05, 4.69) is 15.3 Å². The van der Waals surface area contributed by atoms with Gasteiger partial charge < -0.3 is 10.3 Å². The van der Waals surface area contributed by atoms with Crippen LogP contribution in [0.15, 0.2) is 34.2 Å². The molecular formula is C16H14F3N3O2S. The monoisotopic (exact) mass is 369 g/mol. The molecule has 9 heteroatoms. The molecule has 2 aromatic rings. The minimum Gasteiger partial charge on any atom is -0.310 e. The third kappa shape index (κ3) is 3.41. The van der Waals surface area contributed by atoms with Crippen molar-refractivity contribution in [2.24, 2.45) is 0 Å². The van der Waals surface area contributed by atoms with Gasteiger partial charge in [0.15, 0.2) is 5.16 Å². The Kier molecular flexibility index (Phi) is 4.59. The highest BCUT2D eigenvalue weighted by atomic mass is 32.2. The van der Waals surface area contributed by atoms with Crippen molar-refractivity contribution in [2.75, 3.05) is 11.1 Å². The summed E-state index contributed by atoms with van der Waals surface area (Å²) in [6.45, 7) is 1.87. The van der Waals surface area contributed by atoms with Crippen LogP contribution >= 0.6 is 11.8 Å². The second-order valence-electron chi connectivity index (χ2n) is 5.46. The summed E-state index contributed by atoms with van der Waals surface area (Å²) in [6, 6.07) is 4.98. The Morgan fingerprint density at radius 1 is 1.28 bits per heavy atom. The van der Waals surface area contributed by atoms with Gasteiger partial charge in [-0.25, -0.2) is 4.98 Å². The largest absolute Gasteiger partial charge is 0.416 e. The van der Waals surface area contributed by atoms with Gasteiger partial charge in [0, 0.05) is 12.3 Å². The summed E-state index contributed by atoms with van der Waals surface area (Å²) in [5.41, 5.74) is -1.44. The average molecular weight is 369 g/mol. The molecule has 0 saturated carbocycles. The Balaban J connectivity index is 2.19. The molecule has 1 unspecified atom stereocenters. The number of nitrogens with one attached hydrogen (secondary N) is 2. The molecule has 1 amide bonds. The summed E-state index contributed by atoms with van der Waals surface area (Å²) in [5.74, 6) is -0.799. The third-order valence-corrected chi connectivity index (χ3v) is 4.61. The van der Waals surface area contributed by atoms with Crippen LogP contribution in [0.2, 0.25) is 0 Å². The molecular weight excluding hydrogens is 355 g/mol. The SMILES string of the molecule is CCSc1nc2c(c(=O)[nH]1)C(c1ccccc1C(F)(F)F)CC(=O)N2. The molecule has 0 bridgehead atoms. The summed E-state index contributed by atoms with van der Waals surface area (Å²) in [4.78, 5) is 31.2. The van der Waals surface area contributed by atoms with E-state index < -0.39 is 29.1 Å². The number of anilines is 1. The number of carbonyl (C=O) groups excluding carboxylic acids is 1. The molecule has 0 saturated heterocycles. The van der Waals surface area contributed by atoms with E-state index in [0.717, 1.165) is 6.07 Å². The molecule has 25 heavy (non-hydrogen) atoms. The lowest BCUT2D eigenvalue weighted by atomic mass is 9.84. The van der Waals surface area contributed by atoms with E-state index in [1.807, 2.05) is 6.92 Å². The minimum atomic E-state index is -4.58. The molecule has 132 valence electrons. The van der Waals surface area contributed by atoms with Gasteiger partial charge in [-0.3, -0.25) is 9.59 Å². The first-order valence-corrected chi connectivity index (χ1v) is 8.52. The number of benzene rings is 1. The van der Waals surface area contributed by atoms with Crippen molar-refractivity contribution in [3.05, 3.63) is 51.3 Å². The van der Waals surface area contributed by atoms with Gasteiger partial charge in [-0.15, -0.1) is 0 Å². The molecule has 0 aliphatic carbocycles. The fourth-order valence-corrected chi connectivity index (χ4v) is 3.47. The average Bonchev–Trinajstić information content (AvgIpc) is 2.53. The lowest BCUT2D eigenvalue weighted by Crippen LogP contribution is -2.32. The van der Waals surface area contributed by atoms with Crippen LogP contribution in [0.4, 0.5) is 19.0 Å². The molecule has 0 radical (unpaired) electrons. The Morgan fingerprint density at radius 3 is 2.68 bits per heavy atom. The molecule has 2 N–H and O–H groups in total. The highest BCUT2D eigenvalue weighted by molar-refractivity contribution is 7.99. The zero-order valence-corrected chi connectivity index (χ0v) is 13.9. The van der Waals surface area contributed by atoms with Crippen LogP contribution in [-0.2, 0) is 11.0 Å². The van der Waals surface area contributed by atoms with Crippen molar-refractivity contribution >= 4 is 23.5 Å². The number of aromatic amines is 1. The quantitative estimate of drug-likeness (QED) is 0.643. The summed E-state index contributed by atoms with van der Waals surface area (Å²) in [5, 5.41) is 2.81. The van der Waals surface area contributed by atoms with Gasteiger partial charge in [-0.2, -0.15) is 13.2 Å². The number of hydrogen-bond donors (Lipinski definition) is 2. The smallest absolute Gasteiger partial charge is 0.310 e. The Hall–Kier alpha value is -2.29. The molecule has 0 fully saturated rings. The van der Waals surface area contributed by atoms with Crippen LogP contribution in [0.25, 0.3) is 0 Å². The standard InChI is InChI=1S/C16H14F3N3O2S/c1-2-25-15-21-13-12(14(24)22-15)9(7-11(23)20-13)8-5-3-4-6-10(8)16(17,18)19/h3-6,9H,2,7H2,1H3,(H2,20,21,22,23,24). The van der Waals surface area contributed by atoms with Crippen molar-refractivity contribution in [1.29, 1.82) is 0 Å². The maximum absolute atomic E-state index is 13.3. The molecule has 1 aliphatic rings. The molecule has 1 aromatic carbocycles. The van der Waals surface area contributed by atoms with Gasteiger partial charge in [0.25, 0.3) is 5.56 Å². The molecule has 0 spiro atoms. The summed E-state index contributed by atoms with van der Waals surface area (Å²) < 4.78 is 40.0. The molecule has 5 nitrogen and oxygen atoms in total. The van der Waals surface area contributed by atoms with E-state index >= 15 is 0 Å². The molecule has 1 atom stereocenters. The highest BCUT2D eigenvalue weighted by Gasteiger charge is 2.39. The van der Waals surface area contributed by atoms with Crippen molar-refractivity contribution in [2.45, 2.75) is 30.6 Å². The Bertz CT molecular complexity index is 880. The van der Waals surface area contributed by atoms with Crippen LogP contribution in [-0.4, -0.2) is 21.6 Å². The molecule has 1 aliphatic heterocycles. The first-order valence-electron chi connectivity index (χ1n) is 7.54. The number of rotatable bonds is 3. The lowest BCUT2D eigenvalue weighted by molar-refractivity contribution is -0.138. The Morgan fingerprint density at radius 2 is 2.00 bits per heavy atom. The van der Waals surface area contributed by atoms with Crippen LogP contribution in [0.3, 0.4) is 0 Å². The molecule has 2 heterocycles. The van der Waals surface area contributed by atoms with E-state index in [-0.39, 0.29) is 23.4 Å². The maximum Gasteiger partial charge on any atom is 0.416 e. The van der Waals surface area contributed by atoms with Gasteiger partial charge in [0.2, 0.25) is 5.91 Å². The predicted octanol–water partition coefficient (Wildman–Crippen LogP) is 3.37. The maximum atomic E-state index is 13.3. The van der Waals surface area contributed by atoms with Gasteiger partial charge in [0.1, 0.15) is 5.82 Å². The van der Waals surface area contributed by atoms with Gasteiger partial charge in [-0.1, -0.05) is 36.9 Å². The van der Waals surface area contributed by atoms with E-state index in [9.17, 15) is 22.8 Å². The first kappa shape index (κ1) is 17.5. The summed E-state index contributed by atoms with van der Waals surface area (Å²) in [6.07, 6.45) is -4.83. The third-order valence-electron chi connectivity index (χ3n) is 3.85. The Labute approximate surface area is 145 Å². The van der Waals surface area contributed by atoms with E-state index in [0.29, 0.717) is 10.9 Å².